The maximum absolute atomic E-state index is 13.8. The Morgan fingerprint density at radius 2 is 1.50 bits per heavy atom. The first-order chi connectivity index (χ1) is 21.0. The van der Waals surface area contributed by atoms with E-state index >= 15 is 0 Å². The van der Waals surface area contributed by atoms with Crippen molar-refractivity contribution in [2.75, 3.05) is 12.1 Å². The summed E-state index contributed by atoms with van der Waals surface area (Å²) in [4.78, 5) is 18.6. The number of azo groups is 1. The fourth-order valence-corrected chi connectivity index (χ4v) is 5.99. The third-order valence-corrected chi connectivity index (χ3v) is 9.43. The number of aliphatic imine (C=N–C) groups is 1. The molecular formula is C31H23Cl6N5O2. The molecule has 1 atom stereocenters. The Morgan fingerprint density at radius 3 is 2.14 bits per heavy atom. The van der Waals surface area contributed by atoms with E-state index in [1.165, 1.54) is 16.7 Å². The Labute approximate surface area is 284 Å². The molecule has 0 bridgehead atoms. The Kier molecular flexibility index (Phi) is 9.95. The zero-order chi connectivity index (χ0) is 31.7. The van der Waals surface area contributed by atoms with E-state index in [1.807, 2.05) is 12.1 Å². The number of halogens is 6. The van der Waals surface area contributed by atoms with Crippen molar-refractivity contribution in [3.8, 4) is 5.75 Å². The van der Waals surface area contributed by atoms with Crippen molar-refractivity contribution in [1.82, 2.24) is 5.43 Å². The molecular weight excluding hydrogens is 687 g/mol. The molecule has 4 aromatic rings. The number of carbonyl (C=O) groups is 1. The number of hydrogen-bond acceptors (Lipinski definition) is 5. The van der Waals surface area contributed by atoms with Crippen LogP contribution in [0.25, 0.3) is 0 Å². The molecule has 0 aromatic heterocycles. The van der Waals surface area contributed by atoms with Crippen LogP contribution in [-0.4, -0.2) is 24.9 Å². The van der Waals surface area contributed by atoms with Crippen LogP contribution in [0.15, 0.2) is 75.9 Å². The van der Waals surface area contributed by atoms with Crippen molar-refractivity contribution < 1.29 is 9.53 Å². The number of hydrazine groups is 1. The van der Waals surface area contributed by atoms with Gasteiger partial charge in [0.2, 0.25) is 6.04 Å². The van der Waals surface area contributed by atoms with Gasteiger partial charge < -0.3 is 4.74 Å². The smallest absolute Gasteiger partial charge is 0.280 e. The molecule has 5 rings (SSSR count). The summed E-state index contributed by atoms with van der Waals surface area (Å²) in [6.45, 7) is 4.13. The van der Waals surface area contributed by atoms with Crippen molar-refractivity contribution >= 4 is 98.4 Å². The van der Waals surface area contributed by atoms with Crippen molar-refractivity contribution in [2.45, 2.75) is 26.3 Å². The van der Waals surface area contributed by atoms with Gasteiger partial charge in [0.05, 0.1) is 48.6 Å². The number of hydrogen-bond donors (Lipinski definition) is 1. The molecule has 226 valence electrons. The molecule has 4 aromatic carbocycles. The van der Waals surface area contributed by atoms with E-state index in [0.717, 1.165) is 10.6 Å². The number of rotatable bonds is 7. The Hall–Kier alpha value is -3.04. The van der Waals surface area contributed by atoms with E-state index in [2.05, 4.69) is 47.7 Å². The summed E-state index contributed by atoms with van der Waals surface area (Å²) in [5.74, 6) is 0.168. The van der Waals surface area contributed by atoms with Gasteiger partial charge in [-0.25, -0.2) is 10.0 Å². The summed E-state index contributed by atoms with van der Waals surface area (Å²) in [6, 6.07) is 17.5. The van der Waals surface area contributed by atoms with Crippen molar-refractivity contribution in [3.05, 3.63) is 113 Å². The van der Waals surface area contributed by atoms with Gasteiger partial charge in [0.25, 0.3) is 5.91 Å². The molecule has 1 aliphatic heterocycles. The molecule has 7 nitrogen and oxygen atoms in total. The van der Waals surface area contributed by atoms with E-state index in [0.29, 0.717) is 28.6 Å². The largest absolute Gasteiger partial charge is 0.497 e. The second-order valence-corrected chi connectivity index (χ2v) is 12.2. The van der Waals surface area contributed by atoms with Crippen LogP contribution < -0.4 is 15.2 Å². The molecule has 1 amide bonds. The third-order valence-electron chi connectivity index (χ3n) is 6.86. The quantitative estimate of drug-likeness (QED) is 0.118. The van der Waals surface area contributed by atoms with E-state index < -0.39 is 11.9 Å². The zero-order valence-electron chi connectivity index (χ0n) is 23.4. The van der Waals surface area contributed by atoms with Crippen LogP contribution in [0.4, 0.5) is 17.1 Å². The van der Waals surface area contributed by atoms with E-state index in [1.54, 1.807) is 37.4 Å². The molecule has 44 heavy (non-hydrogen) atoms. The minimum absolute atomic E-state index is 0.0118. The third kappa shape index (κ3) is 6.64. The monoisotopic (exact) mass is 707 g/mol. The molecule has 13 heteroatoms. The molecule has 0 radical (unpaired) electrons. The minimum Gasteiger partial charge on any atom is -0.497 e. The summed E-state index contributed by atoms with van der Waals surface area (Å²) in [6.07, 6.45) is 0.660. The maximum Gasteiger partial charge on any atom is 0.280 e. The predicted octanol–water partition coefficient (Wildman–Crippen LogP) is 10.6. The van der Waals surface area contributed by atoms with Crippen LogP contribution in [-0.2, 0) is 11.2 Å². The SMILES string of the molecule is COc1ccc(N=NC2C(=O)N(c3c(Cl)c(Cl)c(Cl)c(Cl)c3Cl)NC2=Nc2cc(Cc3ccc(C)cc3C)ccc2Cl)cc1. The maximum atomic E-state index is 13.8. The van der Waals surface area contributed by atoms with Crippen LogP contribution in [0.5, 0.6) is 5.75 Å². The fourth-order valence-electron chi connectivity index (χ4n) is 4.54. The Balaban J connectivity index is 1.57. The fraction of sp³-hybridized carbons (Fsp3) is 0.161. The highest BCUT2D eigenvalue weighted by Crippen LogP contribution is 2.48. The molecule has 1 saturated heterocycles. The lowest BCUT2D eigenvalue weighted by atomic mass is 9.99. The molecule has 0 aliphatic carbocycles. The number of amides is 1. The first-order valence-electron chi connectivity index (χ1n) is 13.1. The van der Waals surface area contributed by atoms with E-state index in [9.17, 15) is 4.79 Å². The van der Waals surface area contributed by atoms with Crippen LogP contribution >= 0.6 is 69.6 Å². The van der Waals surface area contributed by atoms with Crippen LogP contribution in [0, 0.1) is 13.8 Å². The number of ether oxygens (including phenoxy) is 1. The second kappa shape index (κ2) is 13.5. The van der Waals surface area contributed by atoms with Gasteiger partial charge in [0.15, 0.2) is 5.84 Å². The Morgan fingerprint density at radius 1 is 0.841 bits per heavy atom. The predicted molar refractivity (Wildman–Crippen MR) is 181 cm³/mol. The molecule has 1 unspecified atom stereocenters. The van der Waals surface area contributed by atoms with Gasteiger partial charge in [-0.2, -0.15) is 10.2 Å². The lowest BCUT2D eigenvalue weighted by molar-refractivity contribution is -0.117. The lowest BCUT2D eigenvalue weighted by Crippen LogP contribution is -2.36. The van der Waals surface area contributed by atoms with Crippen LogP contribution in [0.2, 0.25) is 30.1 Å². The Bertz CT molecular complexity index is 1800. The van der Waals surface area contributed by atoms with Crippen molar-refractivity contribution in [2.24, 2.45) is 15.2 Å². The first-order valence-corrected chi connectivity index (χ1v) is 15.3. The van der Waals surface area contributed by atoms with E-state index in [-0.39, 0.29) is 36.6 Å². The molecule has 0 spiro atoms. The molecule has 0 saturated carbocycles. The number of aryl methyl sites for hydroxylation is 2. The topological polar surface area (TPSA) is 78.7 Å². The highest BCUT2D eigenvalue weighted by atomic mass is 35.5. The van der Waals surface area contributed by atoms with Gasteiger partial charge in [0, 0.05) is 0 Å². The number of benzene rings is 4. The van der Waals surface area contributed by atoms with Gasteiger partial charge in [0.1, 0.15) is 11.4 Å². The number of methoxy groups -OCH3 is 1. The normalized spacial score (nSPS) is 15.8. The highest BCUT2D eigenvalue weighted by Gasteiger charge is 2.42. The van der Waals surface area contributed by atoms with Gasteiger partial charge in [-0.1, -0.05) is 99.4 Å². The summed E-state index contributed by atoms with van der Waals surface area (Å²) in [5.41, 5.74) is 8.35. The number of carbonyl (C=O) groups excluding carboxylic acids is 1. The minimum atomic E-state index is -1.23. The highest BCUT2D eigenvalue weighted by molar-refractivity contribution is 6.57. The summed E-state index contributed by atoms with van der Waals surface area (Å²) in [5, 5.41) is 9.66. The van der Waals surface area contributed by atoms with Crippen LogP contribution in [0.3, 0.4) is 0 Å². The number of nitrogens with zero attached hydrogens (tertiary/aromatic N) is 4. The first kappa shape index (κ1) is 32.4. The summed E-state index contributed by atoms with van der Waals surface area (Å²) < 4.78 is 5.20. The number of anilines is 1. The summed E-state index contributed by atoms with van der Waals surface area (Å²) in [7, 11) is 1.56. The second-order valence-electron chi connectivity index (χ2n) is 9.91. The molecule has 1 aliphatic rings. The molecule has 1 heterocycles. The summed E-state index contributed by atoms with van der Waals surface area (Å²) >= 11 is 38.4. The van der Waals surface area contributed by atoms with Crippen molar-refractivity contribution in [3.63, 3.8) is 0 Å². The van der Waals surface area contributed by atoms with Gasteiger partial charge >= 0.3 is 0 Å². The molecule has 1 fully saturated rings. The van der Waals surface area contributed by atoms with Crippen molar-refractivity contribution in [1.29, 1.82) is 0 Å². The van der Waals surface area contributed by atoms with Gasteiger partial charge in [-0.3, -0.25) is 10.2 Å². The number of amidine groups is 1. The van der Waals surface area contributed by atoms with Gasteiger partial charge in [-0.15, -0.1) is 0 Å². The standard InChI is InChI=1S/C31H23Cl6N5O2/c1-15-4-6-18(16(2)12-15)13-17-5-11-21(32)22(14-17)38-30-28(40-39-19-7-9-20(44-3)10-8-19)31(43)42(41-30)29-26(36)24(34)23(33)25(35)27(29)37/h4-12,14,28H,13H2,1-3H3,(H,38,41). The van der Waals surface area contributed by atoms with Gasteiger partial charge in [-0.05, 0) is 73.4 Å². The van der Waals surface area contributed by atoms with Crippen LogP contribution in [0.1, 0.15) is 22.3 Å². The average Bonchev–Trinajstić information content (AvgIpc) is 3.31. The molecule has 1 N–H and O–H groups in total. The average molecular weight is 710 g/mol. The van der Waals surface area contributed by atoms with E-state index in [4.69, 9.17) is 79.3 Å². The zero-order valence-corrected chi connectivity index (χ0v) is 28.0. The lowest BCUT2D eigenvalue weighted by Gasteiger charge is -2.21. The number of nitrogens with one attached hydrogen (secondary N) is 1.